The molecule has 19 heteroatoms. The quantitative estimate of drug-likeness (QED) is 0.106. The third-order valence-electron chi connectivity index (χ3n) is 17.4. The van der Waals surface area contributed by atoms with Gasteiger partial charge in [0.15, 0.2) is 46.0 Å². The van der Waals surface area contributed by atoms with Gasteiger partial charge >= 0.3 is 0 Å². The average Bonchev–Trinajstić information content (AvgIpc) is 1.67. The molecule has 0 bridgehead atoms. The lowest BCUT2D eigenvalue weighted by Gasteiger charge is -2.11. The highest BCUT2D eigenvalue weighted by Gasteiger charge is 2.23. The van der Waals surface area contributed by atoms with E-state index in [4.69, 9.17) is 0 Å². The summed E-state index contributed by atoms with van der Waals surface area (Å²) in [5.41, 5.74) is 19.8. The second-order valence-electron chi connectivity index (χ2n) is 24.7. The van der Waals surface area contributed by atoms with E-state index >= 15 is 0 Å². The first kappa shape index (κ1) is 66.6. The molecule has 0 atom stereocenters. The highest BCUT2D eigenvalue weighted by Crippen LogP contribution is 2.34. The number of aryl methyl sites for hydroxylation is 8. The first-order chi connectivity index (χ1) is 48.8. The van der Waals surface area contributed by atoms with E-state index in [1.807, 2.05) is 215 Å². The van der Waals surface area contributed by atoms with Gasteiger partial charge in [0.1, 0.15) is 11.5 Å². The van der Waals surface area contributed by atoms with Crippen LogP contribution < -0.4 is 16.0 Å². The van der Waals surface area contributed by atoms with Crippen molar-refractivity contribution in [2.75, 3.05) is 16.0 Å². The van der Waals surface area contributed by atoms with E-state index in [2.05, 4.69) is 70.6 Å². The third kappa shape index (κ3) is 14.1. The lowest BCUT2D eigenvalue weighted by atomic mass is 9.99. The molecule has 0 saturated carbocycles. The number of pyridine rings is 4. The van der Waals surface area contributed by atoms with Gasteiger partial charge in [0.2, 0.25) is 0 Å². The standard InChI is InChI=1S/C28H23FN4O.C28H24N4O.C26H19F2N5O/c1-17-6-11-22(12-7-17)30-28(34)25-16-20(9-8-18(25)2)24-5-4-14-33-26(31-32-27(24)33)23-13-10-21(29)15-19(23)3;1-18-10-14-22(15-11-18)29-28(33)25-17-21(13-12-20(25)3)24-9-6-16-32-26(30-31-27(24)32)23-8-5-4-7-19(23)2;1-15-8-11-17(12-9-15)29-26(34)23-16(2)10-13-21(30-23)18-6-4-14-33-24(18)31-32-25(33)19-5-3-7-20(27)22(19)28/h4-16H,1-3H3,(H,30,34);4-17H,1-3H3,(H,29,33);3-14H,1-2H3,(H,29,34). The molecule has 3 amide bonds. The minimum atomic E-state index is -0.995. The molecule has 0 aliphatic rings. The Balaban J connectivity index is 0.000000135. The van der Waals surface area contributed by atoms with Crippen molar-refractivity contribution in [3.8, 4) is 67.7 Å². The van der Waals surface area contributed by atoms with Crippen LogP contribution in [0.5, 0.6) is 0 Å². The molecule has 0 unspecified atom stereocenters. The van der Waals surface area contributed by atoms with Crippen molar-refractivity contribution in [2.24, 2.45) is 0 Å². The number of nitrogens with zero attached hydrogens (tertiary/aromatic N) is 10. The van der Waals surface area contributed by atoms with E-state index in [9.17, 15) is 27.6 Å². The van der Waals surface area contributed by atoms with Gasteiger partial charge in [-0.1, -0.05) is 114 Å². The van der Waals surface area contributed by atoms with E-state index < -0.39 is 11.6 Å². The molecular formula is C82H66F3N13O3. The second kappa shape index (κ2) is 28.6. The molecule has 8 aromatic carbocycles. The summed E-state index contributed by atoms with van der Waals surface area (Å²) in [5.74, 6) is -1.27. The van der Waals surface area contributed by atoms with Crippen LogP contribution in [-0.2, 0) is 0 Å². The van der Waals surface area contributed by atoms with Crippen LogP contribution in [0.2, 0.25) is 0 Å². The number of rotatable bonds is 12. The van der Waals surface area contributed by atoms with Crippen LogP contribution in [0.1, 0.15) is 75.7 Å². The maximum Gasteiger partial charge on any atom is 0.274 e. The highest BCUT2D eigenvalue weighted by molar-refractivity contribution is 6.07. The largest absolute Gasteiger partial charge is 0.322 e. The van der Waals surface area contributed by atoms with Crippen molar-refractivity contribution in [3.05, 3.63) is 316 Å². The van der Waals surface area contributed by atoms with Gasteiger partial charge in [-0.3, -0.25) is 27.6 Å². The number of aromatic nitrogens is 10. The van der Waals surface area contributed by atoms with E-state index in [-0.39, 0.29) is 40.6 Å². The molecule has 0 radical (unpaired) electrons. The first-order valence-electron chi connectivity index (χ1n) is 32.5. The molecule has 0 spiro atoms. The number of hydrogen-bond donors (Lipinski definition) is 3. The molecule has 7 aromatic heterocycles. The Morgan fingerprint density at radius 3 is 1.24 bits per heavy atom. The van der Waals surface area contributed by atoms with Crippen molar-refractivity contribution >= 4 is 51.7 Å². The summed E-state index contributed by atoms with van der Waals surface area (Å²) in [6.45, 7) is 15.6. The lowest BCUT2D eigenvalue weighted by Crippen LogP contribution is -2.15. The van der Waals surface area contributed by atoms with Crippen LogP contribution in [0.3, 0.4) is 0 Å². The topological polar surface area (TPSA) is 191 Å². The van der Waals surface area contributed by atoms with Gasteiger partial charge in [0.05, 0.1) is 11.3 Å². The number of carbonyl (C=O) groups is 3. The van der Waals surface area contributed by atoms with Crippen molar-refractivity contribution in [1.29, 1.82) is 0 Å². The second-order valence-corrected chi connectivity index (χ2v) is 24.7. The summed E-state index contributed by atoms with van der Waals surface area (Å²) < 4.78 is 47.2. The van der Waals surface area contributed by atoms with Crippen LogP contribution >= 0.6 is 0 Å². The smallest absolute Gasteiger partial charge is 0.274 e. The zero-order valence-corrected chi connectivity index (χ0v) is 56.3. The Hall–Kier alpha value is -13.0. The van der Waals surface area contributed by atoms with Gasteiger partial charge in [-0.05, 0) is 216 Å². The number of halogens is 3. The Labute approximate surface area is 580 Å². The molecule has 15 rings (SSSR count). The number of fused-ring (bicyclic) bond motifs is 3. The number of benzene rings is 8. The van der Waals surface area contributed by atoms with Crippen LogP contribution in [-0.4, -0.2) is 66.5 Å². The summed E-state index contributed by atoms with van der Waals surface area (Å²) in [6, 6.07) is 66.4. The number of carbonyl (C=O) groups excluding carboxylic acids is 3. The van der Waals surface area contributed by atoms with Gasteiger partial charge in [-0.2, -0.15) is 0 Å². The molecule has 101 heavy (non-hydrogen) atoms. The summed E-state index contributed by atoms with van der Waals surface area (Å²) >= 11 is 0. The number of hydrogen-bond acceptors (Lipinski definition) is 10. The predicted molar refractivity (Wildman–Crippen MR) is 390 cm³/mol. The third-order valence-corrected chi connectivity index (χ3v) is 17.4. The molecule has 0 fully saturated rings. The number of anilines is 3. The van der Waals surface area contributed by atoms with Crippen molar-refractivity contribution < 1.29 is 27.6 Å². The van der Waals surface area contributed by atoms with E-state index in [1.165, 1.54) is 24.3 Å². The fourth-order valence-electron chi connectivity index (χ4n) is 11.8. The molecule has 0 aliphatic carbocycles. The zero-order chi connectivity index (χ0) is 70.6. The van der Waals surface area contributed by atoms with Gasteiger partial charge in [0, 0.05) is 74.6 Å². The molecule has 0 aliphatic heterocycles. The molecule has 0 saturated heterocycles. The Kier molecular flexibility index (Phi) is 18.8. The number of nitrogens with one attached hydrogen (secondary N) is 3. The fraction of sp³-hybridized carbons (Fsp3) is 0.0976. The summed E-state index contributed by atoms with van der Waals surface area (Å²) in [5, 5.41) is 34.9. The van der Waals surface area contributed by atoms with E-state index in [0.717, 1.165) is 101 Å². The van der Waals surface area contributed by atoms with Gasteiger partial charge in [-0.15, -0.1) is 30.6 Å². The molecule has 498 valence electrons. The van der Waals surface area contributed by atoms with Gasteiger partial charge in [-0.25, -0.2) is 18.2 Å². The lowest BCUT2D eigenvalue weighted by molar-refractivity contribution is 0.101. The zero-order valence-electron chi connectivity index (χ0n) is 56.3. The molecule has 15 aromatic rings. The summed E-state index contributed by atoms with van der Waals surface area (Å²) in [6.07, 6.45) is 5.52. The minimum Gasteiger partial charge on any atom is -0.322 e. The Morgan fingerprint density at radius 2 is 0.752 bits per heavy atom. The summed E-state index contributed by atoms with van der Waals surface area (Å²) in [7, 11) is 0. The maximum atomic E-state index is 14.4. The van der Waals surface area contributed by atoms with Crippen molar-refractivity contribution in [1.82, 2.24) is 48.8 Å². The van der Waals surface area contributed by atoms with Gasteiger partial charge in [0.25, 0.3) is 17.7 Å². The first-order valence-corrected chi connectivity index (χ1v) is 32.5. The normalized spacial score (nSPS) is 11.0. The van der Waals surface area contributed by atoms with Crippen LogP contribution in [0, 0.1) is 72.8 Å². The van der Waals surface area contributed by atoms with E-state index in [0.29, 0.717) is 50.8 Å². The highest BCUT2D eigenvalue weighted by atomic mass is 19.2. The molecule has 16 nitrogen and oxygen atoms in total. The molecular weight excluding hydrogens is 1270 g/mol. The Bertz CT molecular complexity index is 5670. The SMILES string of the molecule is Cc1ccc(NC(=O)c2cc(-c3cccn4c(-c5ccc(F)cc5C)nnc34)ccc2C)cc1.Cc1ccc(NC(=O)c2cc(-c3cccn4c(-c5ccccc5C)nnc34)ccc2C)cc1.Cc1ccc(NC(=O)c2nc(-c3cccn4c(-c5cccc(F)c5F)nnc34)ccc2C)cc1. The van der Waals surface area contributed by atoms with Crippen LogP contribution in [0.15, 0.2) is 237 Å². The maximum absolute atomic E-state index is 14.4. The number of amides is 3. The van der Waals surface area contributed by atoms with Crippen LogP contribution in [0.25, 0.3) is 84.6 Å². The minimum absolute atomic E-state index is 0.000296. The molecule has 7 heterocycles. The molecule has 3 N–H and O–H groups in total. The Morgan fingerprint density at radius 1 is 0.337 bits per heavy atom. The average molecular weight is 1340 g/mol. The van der Waals surface area contributed by atoms with E-state index in [1.54, 1.807) is 40.9 Å². The fourth-order valence-corrected chi connectivity index (χ4v) is 11.8. The van der Waals surface area contributed by atoms with Crippen molar-refractivity contribution in [2.45, 2.75) is 55.4 Å². The summed E-state index contributed by atoms with van der Waals surface area (Å²) in [4.78, 5) is 43.6. The van der Waals surface area contributed by atoms with Crippen LogP contribution in [0.4, 0.5) is 30.2 Å². The van der Waals surface area contributed by atoms with Gasteiger partial charge < -0.3 is 16.0 Å². The van der Waals surface area contributed by atoms with Crippen molar-refractivity contribution in [3.63, 3.8) is 0 Å². The predicted octanol–water partition coefficient (Wildman–Crippen LogP) is 18.2. The monoisotopic (exact) mass is 1340 g/mol.